The number of rotatable bonds is 27. The van der Waals surface area contributed by atoms with Gasteiger partial charge in [0.05, 0.1) is 108 Å². The van der Waals surface area contributed by atoms with E-state index in [9.17, 15) is 30.6 Å². The number of hydrogen-bond acceptors (Lipinski definition) is 23. The van der Waals surface area contributed by atoms with Crippen LogP contribution in [-0.4, -0.2) is 141 Å². The number of ether oxygens (including phenoxy) is 15. The molecule has 7 N–H and O–H groups in total. The molecule has 0 spiro atoms. The molecule has 5 heterocycles. The molecule has 23 nitrogen and oxygen atoms in total. The number of aromatic hydroxyl groups is 2. The Morgan fingerprint density at radius 1 is 0.465 bits per heavy atom. The second-order valence-corrected chi connectivity index (χ2v) is 24.3. The zero-order valence-electron chi connectivity index (χ0n) is 59.3. The van der Waals surface area contributed by atoms with Crippen LogP contribution in [0, 0.1) is 42.8 Å². The van der Waals surface area contributed by atoms with Crippen LogP contribution >= 0.6 is 0 Å². The molecule has 0 amide bonds. The molecule has 5 aliphatic heterocycles. The molecule has 24 heteroatoms. The topological polar surface area (TPSA) is 296 Å². The summed E-state index contributed by atoms with van der Waals surface area (Å²) in [6, 6.07) is 32.2. The van der Waals surface area contributed by atoms with Crippen molar-refractivity contribution in [2.45, 2.75) is 97.4 Å². The summed E-state index contributed by atoms with van der Waals surface area (Å²) >= 11 is 0. The Kier molecular flexibility index (Phi) is 27.5. The van der Waals surface area contributed by atoms with Crippen molar-refractivity contribution in [2.75, 3.05) is 96.5 Å². The van der Waals surface area contributed by atoms with Crippen molar-refractivity contribution in [3.05, 3.63) is 182 Å². The standard InChI is InChI=1S/C30H34O7.C23H28BNO7.C22H26O8.C2H6/c1-20-24(16-31)14-23(15-26(20)33-2)29(28-19-36-28)35-11-7-10-22-12-25(17-32)30(27(13-22)34-3)37-18-21-8-5-4-6-9-21;1-12-15(9-26)5-13(6-18(12)27-2)21-16-10-31-22(17(16)11-30-21)14-7-19(28-3)23(32-24-25)20(8-14)29-4;1-26-16-5-11(4-13(8-23)19(16)24)21-14-9-30-22(15(14)10-29-21)12-6-17(27-2)20(25)18(7-12)28-3;1-2/h4-10,12-15,28-29,31-32H,11,16-19H2,1-3H3;5-8,16-17,21-22,25-26H,9-11H2,1-4H3;4-7,14-15,21-25H,8-10H2,1-3H3;1-2H3/b10-7+;;;/t28-,29-;16-,17-,21+,22+;14-,15-,21+,22+;/m011./s1. The van der Waals surface area contributed by atoms with Crippen LogP contribution in [0.25, 0.3) is 6.08 Å². The van der Waals surface area contributed by atoms with Gasteiger partial charge in [-0.25, -0.2) is 0 Å². The molecule has 7 aromatic carbocycles. The number of epoxide rings is 1. The van der Waals surface area contributed by atoms with E-state index in [1.54, 1.807) is 59.8 Å². The maximum absolute atomic E-state index is 10.2. The van der Waals surface area contributed by atoms with Gasteiger partial charge in [0.2, 0.25) is 5.75 Å². The SMILES string of the molecule is CC.COc1cc([C@@H]2OC[C@@H]3[C@H]2CO[C@H]3c2cc(OC)c(O)c(OC)c2)cc(CO)c1O.COc1cc([C@@H]2OC[C@@H]3[C@H]2CO[C@H]3c2cc(OC)c(OB=N)c(OC)c2)cc(CO)c1C.COc1cc([C@H](OC/C=C/c2cc(CO)c(OCc3ccccc3)c(OC)c2)[C@@H]2CO2)cc(CO)c1C. The fourth-order valence-corrected chi connectivity index (χ4v) is 13.5. The molecule has 12 rings (SSSR count). The molecule has 0 unspecified atom stereocenters. The van der Waals surface area contributed by atoms with Gasteiger partial charge in [-0.3, -0.25) is 0 Å². The molecular weight excluding hydrogens is 1300 g/mol. The van der Waals surface area contributed by atoms with Crippen molar-refractivity contribution in [3.63, 3.8) is 0 Å². The van der Waals surface area contributed by atoms with Crippen LogP contribution in [-0.2, 0) is 61.5 Å². The van der Waals surface area contributed by atoms with Crippen LogP contribution in [0.15, 0.2) is 109 Å². The van der Waals surface area contributed by atoms with Gasteiger partial charge in [0, 0.05) is 23.0 Å². The normalized spacial score (nSPS) is 20.9. The van der Waals surface area contributed by atoms with Gasteiger partial charge in [-0.05, 0) is 101 Å². The fourth-order valence-electron chi connectivity index (χ4n) is 13.5. The summed E-state index contributed by atoms with van der Waals surface area (Å²) in [4.78, 5) is 0. The first-order chi connectivity index (χ1) is 49.1. The number of benzene rings is 7. The van der Waals surface area contributed by atoms with Gasteiger partial charge in [0.25, 0.3) is 0 Å². The summed E-state index contributed by atoms with van der Waals surface area (Å²) in [6.07, 6.45) is 2.70. The summed E-state index contributed by atoms with van der Waals surface area (Å²) in [5.74, 6) is 5.14. The van der Waals surface area contributed by atoms with E-state index in [0.717, 1.165) is 74.2 Å². The van der Waals surface area contributed by atoms with Crippen molar-refractivity contribution in [3.8, 4) is 69.0 Å². The molecule has 0 aromatic heterocycles. The molecule has 7 aromatic rings. The van der Waals surface area contributed by atoms with Crippen molar-refractivity contribution in [1.29, 1.82) is 5.31 Å². The summed E-state index contributed by atoms with van der Waals surface area (Å²) in [7, 11) is 13.2. The number of fused-ring (bicyclic) bond motifs is 2. The van der Waals surface area contributed by atoms with E-state index in [-0.39, 0.29) is 98.2 Å². The molecule has 101 heavy (non-hydrogen) atoms. The van der Waals surface area contributed by atoms with Crippen LogP contribution in [0.1, 0.15) is 117 Å². The smallest absolute Gasteiger partial charge is 0.496 e. The van der Waals surface area contributed by atoms with Crippen LogP contribution < -0.4 is 47.3 Å². The Bertz CT molecular complexity index is 3700. The third-order valence-corrected chi connectivity index (χ3v) is 18.8. The van der Waals surface area contributed by atoms with Gasteiger partial charge in [0.15, 0.2) is 34.5 Å². The summed E-state index contributed by atoms with van der Waals surface area (Å²) < 4.78 is 91.0. The third-order valence-electron chi connectivity index (χ3n) is 18.8. The number of hydrogen-bond donors (Lipinski definition) is 7. The Morgan fingerprint density at radius 3 is 1.32 bits per heavy atom. The first kappa shape index (κ1) is 76.5. The molecule has 542 valence electrons. The summed E-state index contributed by atoms with van der Waals surface area (Å²) in [5, 5.41) is 66.7. The number of methoxy groups -OCH3 is 8. The zero-order valence-corrected chi connectivity index (χ0v) is 59.3. The average Bonchev–Trinajstić information content (AvgIpc) is 1.62. The second-order valence-electron chi connectivity index (χ2n) is 24.3. The van der Waals surface area contributed by atoms with Crippen LogP contribution in [0.3, 0.4) is 0 Å². The third kappa shape index (κ3) is 17.3. The van der Waals surface area contributed by atoms with Crippen LogP contribution in [0.5, 0.6) is 69.0 Å². The van der Waals surface area contributed by atoms with Gasteiger partial charge in [0.1, 0.15) is 24.6 Å². The van der Waals surface area contributed by atoms with Crippen molar-refractivity contribution in [1.82, 2.24) is 0 Å². The van der Waals surface area contributed by atoms with Crippen molar-refractivity contribution in [2.24, 2.45) is 23.7 Å². The summed E-state index contributed by atoms with van der Waals surface area (Å²) in [6.45, 7) is 10.7. The van der Waals surface area contributed by atoms with Crippen LogP contribution in [0.2, 0.25) is 0 Å². The monoisotopic (exact) mass is 1400 g/mol. The molecule has 10 atom stereocenters. The van der Waals surface area contributed by atoms with E-state index >= 15 is 0 Å². The van der Waals surface area contributed by atoms with E-state index in [4.69, 9.17) is 81.0 Å². The van der Waals surface area contributed by atoms with E-state index < -0.39 is 0 Å². The van der Waals surface area contributed by atoms with E-state index in [1.165, 1.54) is 21.3 Å². The van der Waals surface area contributed by atoms with E-state index in [0.29, 0.717) is 109 Å². The van der Waals surface area contributed by atoms with Crippen molar-refractivity contribution >= 4 is 13.4 Å². The molecule has 5 aliphatic rings. The van der Waals surface area contributed by atoms with Gasteiger partial charge in [-0.2, -0.15) is 0 Å². The first-order valence-electron chi connectivity index (χ1n) is 33.4. The zero-order chi connectivity index (χ0) is 72.4. The molecule has 0 saturated carbocycles. The number of aliphatic hydroxyl groups is 4. The molecule has 5 saturated heterocycles. The minimum atomic E-state index is -0.303. The van der Waals surface area contributed by atoms with Gasteiger partial charge in [-0.1, -0.05) is 62.4 Å². The Morgan fingerprint density at radius 2 is 0.871 bits per heavy atom. The number of aliphatic hydroxyl groups excluding tert-OH is 4. The van der Waals surface area contributed by atoms with Gasteiger partial charge < -0.3 is 82.7 Å². The Balaban J connectivity index is 0.000000175. The Labute approximate surface area is 590 Å². The summed E-state index contributed by atoms with van der Waals surface area (Å²) in [5.41, 5.74) is 10.9. The molecule has 0 radical (unpaired) electrons. The molecule has 0 bridgehead atoms. The first-order valence-corrected chi connectivity index (χ1v) is 33.4. The number of phenols is 2. The quantitative estimate of drug-likeness (QED) is 0.0186. The van der Waals surface area contributed by atoms with Gasteiger partial charge in [-0.15, -0.1) is 0 Å². The van der Waals surface area contributed by atoms with Crippen LogP contribution in [0.4, 0.5) is 0 Å². The fraction of sp³-hybridized carbons (Fsp3) is 0.429. The minimum Gasteiger partial charge on any atom is -0.496 e. The second kappa shape index (κ2) is 36.3. The van der Waals surface area contributed by atoms with E-state index in [2.05, 4.69) is 0 Å². The van der Waals surface area contributed by atoms with Gasteiger partial charge >= 0.3 is 152 Å². The maximum atomic E-state index is 10.2. The number of nitrogens with one attached hydrogen (secondary N) is 1. The average molecular weight is 1400 g/mol. The molecular formula is C77H94BNO22. The molecule has 0 aliphatic carbocycles. The number of phenolic OH excluding ortho intramolecular Hbond substituents is 1. The Hall–Kier alpha value is -8.66. The predicted molar refractivity (Wildman–Crippen MR) is 375 cm³/mol. The van der Waals surface area contributed by atoms with Crippen molar-refractivity contribution < 1.29 is 106 Å². The molecule has 5 fully saturated rings. The predicted octanol–water partition coefficient (Wildman–Crippen LogP) is 11.8. The van der Waals surface area contributed by atoms with E-state index in [1.807, 2.05) is 119 Å². The minimum absolute atomic E-state index is 0.0329.